The standard InChI is InChI=1S/C21H30N2O4/c24-21(22-7-8-23-9-11-25-12-10-23)20(16-3-1-2-4-16)17-5-6-18-19(15-17)27-14-13-26-18/h5-6,15-16,20H,1-4,7-14H2,(H,22,24). The molecular formula is C21H30N2O4. The first-order chi connectivity index (χ1) is 13.3. The third-order valence-electron chi connectivity index (χ3n) is 5.91. The number of hydrogen-bond donors (Lipinski definition) is 1. The van der Waals surface area contributed by atoms with E-state index in [4.69, 9.17) is 14.2 Å². The van der Waals surface area contributed by atoms with Gasteiger partial charge in [-0.1, -0.05) is 18.9 Å². The number of hydrogen-bond acceptors (Lipinski definition) is 5. The Morgan fingerprint density at radius 1 is 1.07 bits per heavy atom. The van der Waals surface area contributed by atoms with Gasteiger partial charge in [-0.05, 0) is 36.5 Å². The molecule has 148 valence electrons. The summed E-state index contributed by atoms with van der Waals surface area (Å²) in [6, 6.07) is 6.00. The van der Waals surface area contributed by atoms with Crippen LogP contribution in [0.4, 0.5) is 0 Å². The van der Waals surface area contributed by atoms with Crippen molar-refractivity contribution in [2.24, 2.45) is 5.92 Å². The fraction of sp³-hybridized carbons (Fsp3) is 0.667. The Balaban J connectivity index is 1.43. The highest BCUT2D eigenvalue weighted by atomic mass is 16.6. The second kappa shape index (κ2) is 8.93. The molecule has 0 spiro atoms. The molecule has 1 atom stereocenters. The van der Waals surface area contributed by atoms with Crippen molar-refractivity contribution in [1.29, 1.82) is 0 Å². The van der Waals surface area contributed by atoms with Gasteiger partial charge < -0.3 is 19.5 Å². The molecule has 6 nitrogen and oxygen atoms in total. The van der Waals surface area contributed by atoms with Crippen molar-refractivity contribution < 1.29 is 19.0 Å². The Morgan fingerprint density at radius 3 is 2.59 bits per heavy atom. The summed E-state index contributed by atoms with van der Waals surface area (Å²) in [5.74, 6) is 2.00. The van der Waals surface area contributed by atoms with Crippen molar-refractivity contribution in [3.63, 3.8) is 0 Å². The maximum Gasteiger partial charge on any atom is 0.227 e. The molecular weight excluding hydrogens is 344 g/mol. The third kappa shape index (κ3) is 4.55. The average molecular weight is 374 g/mol. The Labute approximate surface area is 161 Å². The Hall–Kier alpha value is -1.79. The number of carbonyl (C=O) groups is 1. The maximum absolute atomic E-state index is 13.1. The quantitative estimate of drug-likeness (QED) is 0.827. The predicted molar refractivity (Wildman–Crippen MR) is 102 cm³/mol. The molecule has 1 saturated carbocycles. The fourth-order valence-electron chi connectivity index (χ4n) is 4.45. The second-order valence-electron chi connectivity index (χ2n) is 7.67. The minimum absolute atomic E-state index is 0.104. The van der Waals surface area contributed by atoms with E-state index in [0.29, 0.717) is 25.7 Å². The summed E-state index contributed by atoms with van der Waals surface area (Å²) >= 11 is 0. The first-order valence-corrected chi connectivity index (χ1v) is 10.3. The van der Waals surface area contributed by atoms with Crippen LogP contribution in [0.15, 0.2) is 18.2 Å². The van der Waals surface area contributed by atoms with Gasteiger partial charge in [0.1, 0.15) is 13.2 Å². The third-order valence-corrected chi connectivity index (χ3v) is 5.91. The zero-order valence-corrected chi connectivity index (χ0v) is 16.0. The molecule has 2 aliphatic heterocycles. The Morgan fingerprint density at radius 2 is 1.81 bits per heavy atom. The van der Waals surface area contributed by atoms with Crippen LogP contribution in [0.1, 0.15) is 37.2 Å². The SMILES string of the molecule is O=C(NCCN1CCOCC1)C(c1ccc2c(c1)OCCO2)C1CCCC1. The topological polar surface area (TPSA) is 60.0 Å². The molecule has 27 heavy (non-hydrogen) atoms. The Kier molecular flexibility index (Phi) is 6.14. The molecule has 3 aliphatic rings. The van der Waals surface area contributed by atoms with E-state index in [2.05, 4.69) is 10.2 Å². The van der Waals surface area contributed by atoms with Gasteiger partial charge in [-0.2, -0.15) is 0 Å². The van der Waals surface area contributed by atoms with E-state index in [1.165, 1.54) is 12.8 Å². The van der Waals surface area contributed by atoms with Gasteiger partial charge in [0, 0.05) is 26.2 Å². The largest absolute Gasteiger partial charge is 0.486 e. The van der Waals surface area contributed by atoms with Gasteiger partial charge >= 0.3 is 0 Å². The van der Waals surface area contributed by atoms with Crippen LogP contribution in [0.5, 0.6) is 11.5 Å². The van der Waals surface area contributed by atoms with Gasteiger partial charge in [-0.15, -0.1) is 0 Å². The van der Waals surface area contributed by atoms with Crippen molar-refractivity contribution in [2.75, 3.05) is 52.6 Å². The van der Waals surface area contributed by atoms with Crippen LogP contribution >= 0.6 is 0 Å². The molecule has 1 aliphatic carbocycles. The lowest BCUT2D eigenvalue weighted by atomic mass is 9.84. The molecule has 1 aromatic carbocycles. The second-order valence-corrected chi connectivity index (χ2v) is 7.67. The van der Waals surface area contributed by atoms with Gasteiger partial charge in [0.15, 0.2) is 11.5 Å². The van der Waals surface area contributed by atoms with E-state index in [9.17, 15) is 4.79 Å². The van der Waals surface area contributed by atoms with Crippen molar-refractivity contribution in [2.45, 2.75) is 31.6 Å². The van der Waals surface area contributed by atoms with Gasteiger partial charge in [0.05, 0.1) is 19.1 Å². The number of carbonyl (C=O) groups excluding carboxylic acids is 1. The van der Waals surface area contributed by atoms with Crippen LogP contribution in [-0.2, 0) is 9.53 Å². The van der Waals surface area contributed by atoms with Gasteiger partial charge in [-0.25, -0.2) is 0 Å². The lowest BCUT2D eigenvalue weighted by Gasteiger charge is -2.28. The number of morpholine rings is 1. The number of benzene rings is 1. The van der Waals surface area contributed by atoms with E-state index < -0.39 is 0 Å². The summed E-state index contributed by atoms with van der Waals surface area (Å²) in [6.07, 6.45) is 4.67. The molecule has 0 radical (unpaired) electrons. The van der Waals surface area contributed by atoms with Crippen molar-refractivity contribution in [3.05, 3.63) is 23.8 Å². The van der Waals surface area contributed by atoms with Gasteiger partial charge in [0.2, 0.25) is 5.91 Å². The summed E-state index contributed by atoms with van der Waals surface area (Å²) in [5.41, 5.74) is 1.05. The predicted octanol–water partition coefficient (Wildman–Crippen LogP) is 2.18. The van der Waals surface area contributed by atoms with Crippen LogP contribution in [0.3, 0.4) is 0 Å². The first-order valence-electron chi connectivity index (χ1n) is 10.3. The normalized spacial score (nSPS) is 21.8. The van der Waals surface area contributed by atoms with E-state index >= 15 is 0 Å². The van der Waals surface area contributed by atoms with Crippen LogP contribution in [-0.4, -0.2) is 63.4 Å². The molecule has 2 heterocycles. The van der Waals surface area contributed by atoms with E-state index in [1.807, 2.05) is 18.2 Å². The first kappa shape index (κ1) is 18.6. The molecule has 6 heteroatoms. The monoisotopic (exact) mass is 374 g/mol. The highest BCUT2D eigenvalue weighted by molar-refractivity contribution is 5.84. The molecule has 1 unspecified atom stereocenters. The summed E-state index contributed by atoms with van der Waals surface area (Å²) in [4.78, 5) is 15.5. The van der Waals surface area contributed by atoms with Crippen LogP contribution in [0, 0.1) is 5.92 Å². The number of fused-ring (bicyclic) bond motifs is 1. The maximum atomic E-state index is 13.1. The highest BCUT2D eigenvalue weighted by Gasteiger charge is 2.32. The van der Waals surface area contributed by atoms with E-state index in [-0.39, 0.29) is 11.8 Å². The zero-order chi connectivity index (χ0) is 18.5. The molecule has 2 fully saturated rings. The van der Waals surface area contributed by atoms with Gasteiger partial charge in [-0.3, -0.25) is 9.69 Å². The Bertz CT molecular complexity index is 639. The molecule has 1 amide bonds. The molecule has 0 bridgehead atoms. The van der Waals surface area contributed by atoms with Gasteiger partial charge in [0.25, 0.3) is 0 Å². The summed E-state index contributed by atoms with van der Waals surface area (Å²) in [7, 11) is 0. The van der Waals surface area contributed by atoms with Crippen LogP contribution in [0.25, 0.3) is 0 Å². The molecule has 4 rings (SSSR count). The summed E-state index contributed by atoms with van der Waals surface area (Å²) in [6.45, 7) is 6.19. The smallest absolute Gasteiger partial charge is 0.227 e. The minimum Gasteiger partial charge on any atom is -0.486 e. The van der Waals surface area contributed by atoms with Crippen LogP contribution < -0.4 is 14.8 Å². The lowest BCUT2D eigenvalue weighted by Crippen LogP contribution is -2.42. The summed E-state index contributed by atoms with van der Waals surface area (Å²) < 4.78 is 16.8. The molecule has 1 saturated heterocycles. The van der Waals surface area contributed by atoms with Crippen molar-refractivity contribution in [1.82, 2.24) is 10.2 Å². The molecule has 1 N–H and O–H groups in total. The van der Waals surface area contributed by atoms with Crippen molar-refractivity contribution >= 4 is 5.91 Å². The number of nitrogens with zero attached hydrogens (tertiary/aromatic N) is 1. The minimum atomic E-state index is -0.104. The fourth-order valence-corrected chi connectivity index (χ4v) is 4.45. The molecule has 1 aromatic rings. The van der Waals surface area contributed by atoms with Crippen molar-refractivity contribution in [3.8, 4) is 11.5 Å². The summed E-state index contributed by atoms with van der Waals surface area (Å²) in [5, 5.41) is 3.19. The average Bonchev–Trinajstić information content (AvgIpc) is 3.23. The lowest BCUT2D eigenvalue weighted by molar-refractivity contribution is -0.123. The number of nitrogens with one attached hydrogen (secondary N) is 1. The number of amides is 1. The van der Waals surface area contributed by atoms with Crippen LogP contribution in [0.2, 0.25) is 0 Å². The molecule has 0 aromatic heterocycles. The number of rotatable bonds is 6. The van der Waals surface area contributed by atoms with E-state index in [1.54, 1.807) is 0 Å². The highest BCUT2D eigenvalue weighted by Crippen LogP contribution is 2.40. The van der Waals surface area contributed by atoms with E-state index in [0.717, 1.165) is 62.8 Å². The number of ether oxygens (including phenoxy) is 3. The zero-order valence-electron chi connectivity index (χ0n) is 16.0.